The van der Waals surface area contributed by atoms with Gasteiger partial charge in [-0.05, 0) is 12.1 Å². The van der Waals surface area contributed by atoms with Crippen LogP contribution in [0.2, 0.25) is 0 Å². The average Bonchev–Trinajstić information content (AvgIpc) is 3.39. The van der Waals surface area contributed by atoms with Crippen molar-refractivity contribution >= 4 is 29.3 Å². The van der Waals surface area contributed by atoms with Gasteiger partial charge < -0.3 is 15.6 Å². The van der Waals surface area contributed by atoms with Crippen LogP contribution in [0.25, 0.3) is 11.9 Å². The number of carbonyl (C=O) groups is 2. The fourth-order valence-electron chi connectivity index (χ4n) is 2.57. The first-order chi connectivity index (χ1) is 16.0. The Hall–Kier alpha value is -5.28. The summed E-state index contributed by atoms with van der Waals surface area (Å²) in [7, 11) is 1.18. The average molecular weight is 450 g/mol. The molecule has 0 saturated carbocycles. The van der Waals surface area contributed by atoms with E-state index in [4.69, 9.17) is 10.5 Å². The zero-order valence-electron chi connectivity index (χ0n) is 16.8. The van der Waals surface area contributed by atoms with Gasteiger partial charge in [0.2, 0.25) is 5.88 Å². The van der Waals surface area contributed by atoms with E-state index in [9.17, 15) is 14.7 Å². The lowest BCUT2D eigenvalue weighted by Crippen LogP contribution is -2.19. The summed E-state index contributed by atoms with van der Waals surface area (Å²) in [6.07, 6.45) is 6.97. The predicted molar refractivity (Wildman–Crippen MR) is 109 cm³/mol. The summed E-state index contributed by atoms with van der Waals surface area (Å²) in [5.74, 6) is -1.58. The van der Waals surface area contributed by atoms with Gasteiger partial charge in [0, 0.05) is 24.8 Å². The quantitative estimate of drug-likeness (QED) is 0.280. The van der Waals surface area contributed by atoms with Gasteiger partial charge in [-0.2, -0.15) is 14.5 Å². The third-order valence-electron chi connectivity index (χ3n) is 3.96. The molecule has 0 aromatic carbocycles. The molecule has 0 saturated heterocycles. The van der Waals surface area contributed by atoms with E-state index in [0.29, 0.717) is 0 Å². The molecule has 166 valence electrons. The number of methoxy groups -OCH3 is 1. The zero-order chi connectivity index (χ0) is 23.4. The fraction of sp³-hybridized carbons (Fsp3) is 0.0588. The molecule has 0 spiro atoms. The van der Waals surface area contributed by atoms with Crippen LogP contribution in [0, 0.1) is 0 Å². The maximum absolute atomic E-state index is 12.2. The van der Waals surface area contributed by atoms with E-state index in [1.165, 1.54) is 38.1 Å². The molecule has 4 aromatic rings. The van der Waals surface area contributed by atoms with Crippen LogP contribution < -0.4 is 11.1 Å². The molecule has 0 bridgehead atoms. The number of esters is 1. The zero-order valence-corrected chi connectivity index (χ0v) is 16.8. The molecule has 0 aliphatic rings. The van der Waals surface area contributed by atoms with Crippen LogP contribution in [0.1, 0.15) is 10.4 Å². The van der Waals surface area contributed by atoms with Crippen molar-refractivity contribution in [2.75, 3.05) is 12.4 Å². The lowest BCUT2D eigenvalue weighted by molar-refractivity contribution is 0.0601. The van der Waals surface area contributed by atoms with Gasteiger partial charge in [-0.25, -0.2) is 29.5 Å². The van der Waals surface area contributed by atoms with E-state index in [1.54, 1.807) is 12.1 Å². The van der Waals surface area contributed by atoms with Crippen molar-refractivity contribution in [2.24, 2.45) is 16.0 Å². The molecule has 0 unspecified atom stereocenters. The highest BCUT2D eigenvalue weighted by Crippen LogP contribution is 2.37. The third kappa shape index (κ3) is 4.15. The largest absolute Gasteiger partial charge is 0.491 e. The number of nitrogens with two attached hydrogens (primary N) is 1. The third-order valence-corrected chi connectivity index (χ3v) is 3.96. The van der Waals surface area contributed by atoms with Gasteiger partial charge in [-0.15, -0.1) is 15.3 Å². The summed E-state index contributed by atoms with van der Waals surface area (Å²) in [4.78, 5) is 39.7. The Balaban J connectivity index is 1.84. The number of anilines is 1. The molecular formula is C17H14N12O4. The number of rotatable bonds is 6. The SMILES string of the molecule is COC(=O)c1cnn(-c2ncccn2)c1N=Nc1c(NC(N)=O)nn(-c2ncccn2)c1O. The van der Waals surface area contributed by atoms with E-state index in [-0.39, 0.29) is 34.8 Å². The first-order valence-electron chi connectivity index (χ1n) is 9.01. The first kappa shape index (κ1) is 21.0. The van der Waals surface area contributed by atoms with Gasteiger partial charge in [0.1, 0.15) is 5.56 Å². The monoisotopic (exact) mass is 450 g/mol. The second-order valence-corrected chi connectivity index (χ2v) is 6.00. The molecule has 0 radical (unpaired) electrons. The summed E-state index contributed by atoms with van der Waals surface area (Å²) in [5.41, 5.74) is 4.84. The molecule has 0 fully saturated rings. The summed E-state index contributed by atoms with van der Waals surface area (Å²) < 4.78 is 6.80. The van der Waals surface area contributed by atoms with Crippen LogP contribution >= 0.6 is 0 Å². The molecule has 0 aliphatic heterocycles. The Kier molecular flexibility index (Phi) is 5.62. The topological polar surface area (TPSA) is 214 Å². The Morgan fingerprint density at radius 2 is 1.64 bits per heavy atom. The maximum atomic E-state index is 12.2. The van der Waals surface area contributed by atoms with E-state index in [0.717, 1.165) is 9.36 Å². The van der Waals surface area contributed by atoms with Crippen LogP contribution in [0.3, 0.4) is 0 Å². The summed E-state index contributed by atoms with van der Waals surface area (Å²) in [5, 5.41) is 28.9. The lowest BCUT2D eigenvalue weighted by Gasteiger charge is -2.02. The number of hydrogen-bond acceptors (Lipinski definition) is 12. The number of ether oxygens (including phenoxy) is 1. The van der Waals surface area contributed by atoms with Crippen molar-refractivity contribution in [3.8, 4) is 17.8 Å². The van der Waals surface area contributed by atoms with E-state index >= 15 is 0 Å². The van der Waals surface area contributed by atoms with Crippen molar-refractivity contribution < 1.29 is 19.4 Å². The van der Waals surface area contributed by atoms with Crippen molar-refractivity contribution in [1.29, 1.82) is 0 Å². The summed E-state index contributed by atoms with van der Waals surface area (Å²) >= 11 is 0. The van der Waals surface area contributed by atoms with Gasteiger partial charge >= 0.3 is 12.0 Å². The number of aromatic hydroxyl groups is 1. The minimum absolute atomic E-state index is 0.0121. The van der Waals surface area contributed by atoms with Gasteiger partial charge in [-0.1, -0.05) is 0 Å². The van der Waals surface area contributed by atoms with Gasteiger partial charge in [0.25, 0.3) is 11.9 Å². The van der Waals surface area contributed by atoms with Crippen molar-refractivity contribution in [3.63, 3.8) is 0 Å². The van der Waals surface area contributed by atoms with E-state index in [1.807, 2.05) is 0 Å². The Bertz CT molecular complexity index is 1330. The standard InChI is InChI=1S/C17H14N12O4/c1-33-14(31)9-8-23-28(16-19-4-2-5-20-16)12(9)26-25-10-11(24-15(18)32)27-29(13(10)30)17-21-6-3-7-22-17/h2-8,30H,1H3,(H3,18,24,27,32). The number of hydrogen-bond donors (Lipinski definition) is 3. The minimum atomic E-state index is -0.969. The molecule has 4 aromatic heterocycles. The maximum Gasteiger partial charge on any atom is 0.343 e. The van der Waals surface area contributed by atoms with Crippen molar-refractivity contribution in [2.45, 2.75) is 0 Å². The highest BCUT2D eigenvalue weighted by Gasteiger charge is 2.24. The number of azo groups is 1. The van der Waals surface area contributed by atoms with Gasteiger partial charge in [0.05, 0.1) is 13.3 Å². The van der Waals surface area contributed by atoms with Crippen LogP contribution in [-0.4, -0.2) is 63.7 Å². The van der Waals surface area contributed by atoms with Crippen LogP contribution in [0.5, 0.6) is 5.88 Å². The molecule has 16 nitrogen and oxygen atoms in total. The molecule has 2 amide bonds. The molecule has 4 rings (SSSR count). The first-order valence-corrected chi connectivity index (χ1v) is 9.01. The smallest absolute Gasteiger partial charge is 0.343 e. The Morgan fingerprint density at radius 1 is 1.03 bits per heavy atom. The molecule has 4 heterocycles. The van der Waals surface area contributed by atoms with Gasteiger partial charge in [-0.3, -0.25) is 5.32 Å². The second-order valence-electron chi connectivity index (χ2n) is 6.00. The molecule has 33 heavy (non-hydrogen) atoms. The van der Waals surface area contributed by atoms with E-state index < -0.39 is 17.9 Å². The van der Waals surface area contributed by atoms with Crippen LogP contribution in [0.4, 0.5) is 22.1 Å². The number of amides is 2. The Labute approximate surface area is 183 Å². The highest BCUT2D eigenvalue weighted by atomic mass is 16.5. The number of nitrogens with one attached hydrogen (secondary N) is 1. The number of urea groups is 1. The number of primary amides is 1. The highest BCUT2D eigenvalue weighted by molar-refractivity contribution is 5.94. The van der Waals surface area contributed by atoms with Crippen molar-refractivity contribution in [1.82, 2.24) is 39.5 Å². The van der Waals surface area contributed by atoms with Crippen LogP contribution in [0.15, 0.2) is 53.3 Å². The summed E-state index contributed by atoms with van der Waals surface area (Å²) in [6.45, 7) is 0. The fourth-order valence-corrected chi connectivity index (χ4v) is 2.57. The Morgan fingerprint density at radius 3 is 2.21 bits per heavy atom. The van der Waals surface area contributed by atoms with E-state index in [2.05, 4.69) is 45.7 Å². The minimum Gasteiger partial charge on any atom is -0.491 e. The second kappa shape index (κ2) is 8.84. The lowest BCUT2D eigenvalue weighted by atomic mass is 10.3. The van der Waals surface area contributed by atoms with Gasteiger partial charge in [0.15, 0.2) is 17.3 Å². The number of carbonyl (C=O) groups excluding carboxylic acids is 2. The molecule has 4 N–H and O–H groups in total. The molecular weight excluding hydrogens is 436 g/mol. The normalized spacial score (nSPS) is 10.9. The van der Waals surface area contributed by atoms with Crippen molar-refractivity contribution in [3.05, 3.63) is 48.7 Å². The number of aromatic nitrogens is 8. The molecule has 0 aliphatic carbocycles. The predicted octanol–water partition coefficient (Wildman–Crippen LogP) is 1.04. The molecule has 16 heteroatoms. The summed E-state index contributed by atoms with van der Waals surface area (Å²) in [6, 6.07) is 2.19. The molecule has 0 atom stereocenters. The number of nitrogens with zero attached hydrogens (tertiary/aromatic N) is 10. The van der Waals surface area contributed by atoms with Crippen LogP contribution in [-0.2, 0) is 4.74 Å².